The highest BCUT2D eigenvalue weighted by molar-refractivity contribution is 6.30. The Kier molecular flexibility index (Phi) is 5.51. The van der Waals surface area contributed by atoms with Gasteiger partial charge in [-0.3, -0.25) is 14.4 Å². The van der Waals surface area contributed by atoms with Crippen LogP contribution in [-0.4, -0.2) is 26.8 Å². The van der Waals surface area contributed by atoms with E-state index in [2.05, 4.69) is 25.6 Å². The van der Waals surface area contributed by atoms with Gasteiger partial charge in [-0.1, -0.05) is 23.7 Å². The molecule has 0 atom stereocenters. The largest absolute Gasteiger partial charge is 0.323 e. The lowest BCUT2D eigenvalue weighted by atomic mass is 10.1. The van der Waals surface area contributed by atoms with Crippen LogP contribution in [-0.2, 0) is 0 Å². The molecule has 142 valence electrons. The van der Waals surface area contributed by atoms with Gasteiger partial charge in [-0.15, -0.1) is 0 Å². The van der Waals surface area contributed by atoms with Crippen molar-refractivity contribution in [2.24, 2.45) is 0 Å². The zero-order valence-electron chi connectivity index (χ0n) is 15.0. The molecule has 0 aliphatic carbocycles. The predicted molar refractivity (Wildman–Crippen MR) is 106 cm³/mol. The molecule has 3 rings (SSSR count). The maximum atomic E-state index is 12.6. The summed E-state index contributed by atoms with van der Waals surface area (Å²) in [5, 5.41) is 5.63. The van der Waals surface area contributed by atoms with Gasteiger partial charge in [0.05, 0.1) is 22.0 Å². The quantitative estimate of drug-likeness (QED) is 0.625. The number of amides is 2. The monoisotopic (exact) mass is 397 g/mol. The second kappa shape index (κ2) is 8.01. The van der Waals surface area contributed by atoms with E-state index in [4.69, 9.17) is 11.6 Å². The minimum atomic E-state index is -0.714. The summed E-state index contributed by atoms with van der Waals surface area (Å²) in [4.78, 5) is 47.8. The number of aryl methyl sites for hydroxylation is 2. The number of aromatic amines is 1. The van der Waals surface area contributed by atoms with Crippen molar-refractivity contribution in [3.63, 3.8) is 0 Å². The van der Waals surface area contributed by atoms with Crippen molar-refractivity contribution < 1.29 is 9.59 Å². The average Bonchev–Trinajstić information content (AvgIpc) is 2.66. The third kappa shape index (κ3) is 4.24. The Bertz CT molecular complexity index is 1110. The Hall–Kier alpha value is -3.52. The van der Waals surface area contributed by atoms with Gasteiger partial charge in [-0.25, -0.2) is 9.97 Å². The standard InChI is InChI=1S/C19H16ClN5O3/c1-10-11(2)23-18(27)16(22-10)19(28)24-14-6-4-3-5-13(14)17(26)25-15-8-7-12(20)9-21-15/h3-9H,1-2H3,(H,23,27)(H,24,28)(H,21,25,26). The van der Waals surface area contributed by atoms with Crippen molar-refractivity contribution in [1.29, 1.82) is 0 Å². The van der Waals surface area contributed by atoms with Crippen LogP contribution in [0.2, 0.25) is 5.02 Å². The molecule has 0 saturated carbocycles. The lowest BCUT2D eigenvalue weighted by Gasteiger charge is -2.11. The van der Waals surface area contributed by atoms with Crippen LogP contribution in [0.25, 0.3) is 0 Å². The number of carbonyl (C=O) groups excluding carboxylic acids is 2. The van der Waals surface area contributed by atoms with Crippen LogP contribution in [0.1, 0.15) is 32.2 Å². The van der Waals surface area contributed by atoms with E-state index in [0.29, 0.717) is 22.2 Å². The first-order valence-electron chi connectivity index (χ1n) is 8.26. The molecule has 9 heteroatoms. The zero-order chi connectivity index (χ0) is 20.3. The lowest BCUT2D eigenvalue weighted by molar-refractivity contribution is 0.102. The predicted octanol–water partition coefficient (Wildman–Crippen LogP) is 2.94. The molecule has 0 bridgehead atoms. The molecule has 3 aromatic rings. The maximum Gasteiger partial charge on any atom is 0.280 e. The summed E-state index contributed by atoms with van der Waals surface area (Å²) < 4.78 is 0. The SMILES string of the molecule is Cc1nc(C(=O)Nc2ccccc2C(=O)Nc2ccc(Cl)cn2)c(=O)[nH]c1C. The van der Waals surface area contributed by atoms with Crippen molar-refractivity contribution in [2.75, 3.05) is 10.6 Å². The highest BCUT2D eigenvalue weighted by Crippen LogP contribution is 2.18. The Labute approximate surface area is 165 Å². The first-order chi connectivity index (χ1) is 13.3. The highest BCUT2D eigenvalue weighted by Gasteiger charge is 2.18. The summed E-state index contributed by atoms with van der Waals surface area (Å²) in [7, 11) is 0. The molecule has 28 heavy (non-hydrogen) atoms. The van der Waals surface area contributed by atoms with E-state index in [1.54, 1.807) is 50.2 Å². The number of hydrogen-bond acceptors (Lipinski definition) is 5. The van der Waals surface area contributed by atoms with Crippen LogP contribution < -0.4 is 16.2 Å². The summed E-state index contributed by atoms with van der Waals surface area (Å²) >= 11 is 5.78. The minimum absolute atomic E-state index is 0.202. The number of aromatic nitrogens is 3. The van der Waals surface area contributed by atoms with Gasteiger partial charge in [0.1, 0.15) is 5.82 Å². The number of rotatable bonds is 4. The Morgan fingerprint density at radius 2 is 1.79 bits per heavy atom. The number of para-hydroxylation sites is 1. The number of carbonyl (C=O) groups is 2. The van der Waals surface area contributed by atoms with Gasteiger partial charge >= 0.3 is 0 Å². The molecule has 0 spiro atoms. The third-order valence-electron chi connectivity index (χ3n) is 3.94. The fourth-order valence-corrected chi connectivity index (χ4v) is 2.49. The highest BCUT2D eigenvalue weighted by atomic mass is 35.5. The maximum absolute atomic E-state index is 12.6. The van der Waals surface area contributed by atoms with Crippen LogP contribution in [0, 0.1) is 13.8 Å². The molecular formula is C19H16ClN5O3. The number of pyridine rings is 1. The summed E-state index contributed by atoms with van der Waals surface area (Å²) in [5.74, 6) is -0.885. The van der Waals surface area contributed by atoms with Gasteiger partial charge < -0.3 is 15.6 Å². The molecule has 1 aromatic carbocycles. The summed E-state index contributed by atoms with van der Waals surface area (Å²) in [5.41, 5.74) is 0.665. The number of nitrogens with zero attached hydrogens (tertiary/aromatic N) is 2. The third-order valence-corrected chi connectivity index (χ3v) is 4.17. The smallest absolute Gasteiger partial charge is 0.280 e. The number of halogens is 1. The first-order valence-corrected chi connectivity index (χ1v) is 8.64. The minimum Gasteiger partial charge on any atom is -0.323 e. The summed E-state index contributed by atoms with van der Waals surface area (Å²) in [6, 6.07) is 9.55. The first kappa shape index (κ1) is 19.2. The molecular weight excluding hydrogens is 382 g/mol. The van der Waals surface area contributed by atoms with Crippen LogP contribution in [0.15, 0.2) is 47.4 Å². The van der Waals surface area contributed by atoms with Crippen molar-refractivity contribution in [2.45, 2.75) is 13.8 Å². The zero-order valence-corrected chi connectivity index (χ0v) is 15.8. The molecule has 0 unspecified atom stereocenters. The molecule has 8 nitrogen and oxygen atoms in total. The van der Waals surface area contributed by atoms with Crippen molar-refractivity contribution in [1.82, 2.24) is 15.0 Å². The van der Waals surface area contributed by atoms with Crippen LogP contribution in [0.4, 0.5) is 11.5 Å². The molecule has 2 aromatic heterocycles. The molecule has 3 N–H and O–H groups in total. The lowest BCUT2D eigenvalue weighted by Crippen LogP contribution is -2.27. The molecule has 2 heterocycles. The van der Waals surface area contributed by atoms with Crippen LogP contribution in [0.5, 0.6) is 0 Å². The van der Waals surface area contributed by atoms with E-state index in [0.717, 1.165) is 0 Å². The topological polar surface area (TPSA) is 117 Å². The summed E-state index contributed by atoms with van der Waals surface area (Å²) in [6.45, 7) is 3.37. The van der Waals surface area contributed by atoms with Gasteiger partial charge in [0.25, 0.3) is 17.4 Å². The van der Waals surface area contributed by atoms with Crippen molar-refractivity contribution >= 4 is 34.9 Å². The van der Waals surface area contributed by atoms with Gasteiger partial charge in [-0.05, 0) is 38.1 Å². The van der Waals surface area contributed by atoms with Gasteiger partial charge in [0.15, 0.2) is 5.69 Å². The van der Waals surface area contributed by atoms with Crippen molar-refractivity contribution in [3.8, 4) is 0 Å². The van der Waals surface area contributed by atoms with E-state index in [-0.39, 0.29) is 16.9 Å². The fraction of sp³-hybridized carbons (Fsp3) is 0.105. The molecule has 0 aliphatic rings. The van der Waals surface area contributed by atoms with Crippen LogP contribution in [0.3, 0.4) is 0 Å². The molecule has 2 amide bonds. The van der Waals surface area contributed by atoms with Crippen LogP contribution >= 0.6 is 11.6 Å². The van der Waals surface area contributed by atoms with Gasteiger partial charge in [0.2, 0.25) is 0 Å². The van der Waals surface area contributed by atoms with Gasteiger partial charge in [-0.2, -0.15) is 0 Å². The van der Waals surface area contributed by atoms with Gasteiger partial charge in [0, 0.05) is 11.9 Å². The number of anilines is 2. The Balaban J connectivity index is 1.85. The number of nitrogens with one attached hydrogen (secondary N) is 3. The van der Waals surface area contributed by atoms with E-state index < -0.39 is 17.4 Å². The Morgan fingerprint density at radius 3 is 2.50 bits per heavy atom. The molecule has 0 radical (unpaired) electrons. The van der Waals surface area contributed by atoms with E-state index in [1.165, 1.54) is 6.20 Å². The van der Waals surface area contributed by atoms with E-state index >= 15 is 0 Å². The van der Waals surface area contributed by atoms with E-state index in [1.807, 2.05) is 0 Å². The Morgan fingerprint density at radius 1 is 1.04 bits per heavy atom. The van der Waals surface area contributed by atoms with E-state index in [9.17, 15) is 14.4 Å². The second-order valence-corrected chi connectivity index (χ2v) is 6.38. The average molecular weight is 398 g/mol. The second-order valence-electron chi connectivity index (χ2n) is 5.94. The number of benzene rings is 1. The fourth-order valence-electron chi connectivity index (χ4n) is 2.38. The summed E-state index contributed by atoms with van der Waals surface area (Å²) in [6.07, 6.45) is 1.41. The molecule has 0 aliphatic heterocycles. The number of hydrogen-bond donors (Lipinski definition) is 3. The van der Waals surface area contributed by atoms with Crippen molar-refractivity contribution in [3.05, 3.63) is 80.6 Å². The normalized spacial score (nSPS) is 10.4. The molecule has 0 fully saturated rings. The molecule has 0 saturated heterocycles. The number of H-pyrrole nitrogens is 1.